The van der Waals surface area contributed by atoms with E-state index in [1.807, 2.05) is 0 Å². The first-order valence-corrected chi connectivity index (χ1v) is 6.29. The molecule has 0 fully saturated rings. The summed E-state index contributed by atoms with van der Waals surface area (Å²) in [6, 6.07) is 10.6. The van der Waals surface area contributed by atoms with Crippen LogP contribution in [-0.4, -0.2) is 16.9 Å². The van der Waals surface area contributed by atoms with Gasteiger partial charge in [0.2, 0.25) is 5.90 Å². The Morgan fingerprint density at radius 1 is 1.15 bits per heavy atom. The van der Waals surface area contributed by atoms with E-state index in [4.69, 9.17) is 16.3 Å². The molecule has 98 valence electrons. The van der Waals surface area contributed by atoms with Gasteiger partial charge in [-0.15, -0.1) is 0 Å². The molecule has 2 heterocycles. The van der Waals surface area contributed by atoms with E-state index >= 15 is 0 Å². The molecule has 1 aliphatic heterocycles. The molecule has 0 unspecified atom stereocenters. The Balaban J connectivity index is 1.95. The fourth-order valence-electron chi connectivity index (χ4n) is 1.77. The van der Waals surface area contributed by atoms with Crippen LogP contribution in [0.15, 0.2) is 59.5 Å². The summed E-state index contributed by atoms with van der Waals surface area (Å²) < 4.78 is 5.16. The Kier molecular flexibility index (Phi) is 3.31. The molecule has 0 N–H and O–H groups in total. The van der Waals surface area contributed by atoms with Crippen LogP contribution in [0.2, 0.25) is 5.02 Å². The number of aliphatic imine (C=N–C) groups is 1. The Bertz CT molecular complexity index is 724. The van der Waals surface area contributed by atoms with E-state index in [9.17, 15) is 4.79 Å². The number of hydrogen-bond acceptors (Lipinski definition) is 4. The summed E-state index contributed by atoms with van der Waals surface area (Å²) in [7, 11) is 0. The number of halogens is 1. The lowest BCUT2D eigenvalue weighted by atomic mass is 10.2. The van der Waals surface area contributed by atoms with Crippen LogP contribution in [0.3, 0.4) is 0 Å². The maximum Gasteiger partial charge on any atom is 0.363 e. The number of rotatable bonds is 2. The summed E-state index contributed by atoms with van der Waals surface area (Å²) in [4.78, 5) is 19.9. The smallest absolute Gasteiger partial charge is 0.363 e. The second kappa shape index (κ2) is 5.27. The normalized spacial score (nSPS) is 16.1. The Morgan fingerprint density at radius 3 is 2.70 bits per heavy atom. The van der Waals surface area contributed by atoms with Gasteiger partial charge in [-0.3, -0.25) is 4.98 Å². The molecule has 20 heavy (non-hydrogen) atoms. The van der Waals surface area contributed by atoms with Gasteiger partial charge in [0, 0.05) is 23.0 Å². The van der Waals surface area contributed by atoms with Crippen molar-refractivity contribution >= 4 is 29.5 Å². The number of aromatic nitrogens is 1. The fraction of sp³-hybridized carbons (Fsp3) is 0. The van der Waals surface area contributed by atoms with Crippen LogP contribution in [0.4, 0.5) is 0 Å². The van der Waals surface area contributed by atoms with Gasteiger partial charge in [-0.2, -0.15) is 0 Å². The zero-order chi connectivity index (χ0) is 13.9. The van der Waals surface area contributed by atoms with Crippen LogP contribution in [0.5, 0.6) is 0 Å². The number of carbonyl (C=O) groups is 1. The van der Waals surface area contributed by atoms with E-state index in [2.05, 4.69) is 9.98 Å². The van der Waals surface area contributed by atoms with E-state index in [0.29, 0.717) is 10.6 Å². The molecule has 5 heteroatoms. The third-order valence-corrected chi connectivity index (χ3v) is 2.94. The molecule has 1 aliphatic rings. The first kappa shape index (κ1) is 12.6. The topological polar surface area (TPSA) is 51.5 Å². The van der Waals surface area contributed by atoms with Crippen LogP contribution >= 0.6 is 11.6 Å². The van der Waals surface area contributed by atoms with Gasteiger partial charge < -0.3 is 4.74 Å². The van der Waals surface area contributed by atoms with E-state index in [0.717, 1.165) is 5.56 Å². The summed E-state index contributed by atoms with van der Waals surface area (Å²) in [6.45, 7) is 0. The van der Waals surface area contributed by atoms with Crippen molar-refractivity contribution in [1.82, 2.24) is 4.98 Å². The van der Waals surface area contributed by atoms with Gasteiger partial charge in [-0.05, 0) is 42.0 Å². The maximum atomic E-state index is 11.8. The average Bonchev–Trinajstić information content (AvgIpc) is 2.81. The molecule has 0 bridgehead atoms. The predicted octanol–water partition coefficient (Wildman–Crippen LogP) is 3.08. The highest BCUT2D eigenvalue weighted by molar-refractivity contribution is 6.31. The van der Waals surface area contributed by atoms with Crippen molar-refractivity contribution in [2.45, 2.75) is 0 Å². The van der Waals surface area contributed by atoms with Crippen LogP contribution in [0, 0.1) is 0 Å². The molecule has 0 aliphatic carbocycles. The highest BCUT2D eigenvalue weighted by Gasteiger charge is 2.24. The van der Waals surface area contributed by atoms with Crippen molar-refractivity contribution in [2.75, 3.05) is 0 Å². The van der Waals surface area contributed by atoms with Gasteiger partial charge in [0.25, 0.3) is 0 Å². The monoisotopic (exact) mass is 284 g/mol. The van der Waals surface area contributed by atoms with E-state index < -0.39 is 5.97 Å². The Morgan fingerprint density at radius 2 is 1.95 bits per heavy atom. The number of cyclic esters (lactones) is 1. The number of hydrogen-bond donors (Lipinski definition) is 0. The minimum absolute atomic E-state index is 0.256. The van der Waals surface area contributed by atoms with Crippen molar-refractivity contribution < 1.29 is 9.53 Å². The van der Waals surface area contributed by atoms with Crippen molar-refractivity contribution in [3.05, 3.63) is 70.6 Å². The van der Waals surface area contributed by atoms with E-state index in [1.54, 1.807) is 54.9 Å². The van der Waals surface area contributed by atoms with Crippen LogP contribution in [-0.2, 0) is 9.53 Å². The molecule has 4 nitrogen and oxygen atoms in total. The molecule has 0 atom stereocenters. The first-order chi connectivity index (χ1) is 9.72. The fourth-order valence-corrected chi connectivity index (χ4v) is 1.96. The lowest BCUT2D eigenvalue weighted by Gasteiger charge is -1.98. The number of benzene rings is 1. The highest BCUT2D eigenvalue weighted by Crippen LogP contribution is 2.20. The zero-order valence-corrected chi connectivity index (χ0v) is 11.0. The minimum atomic E-state index is -0.475. The molecule has 3 rings (SSSR count). The van der Waals surface area contributed by atoms with Gasteiger partial charge in [0.1, 0.15) is 0 Å². The molecule has 0 radical (unpaired) electrons. The molecule has 0 spiro atoms. The van der Waals surface area contributed by atoms with Crippen molar-refractivity contribution in [3.8, 4) is 0 Å². The quantitative estimate of drug-likeness (QED) is 0.629. The lowest BCUT2D eigenvalue weighted by Crippen LogP contribution is -2.05. The zero-order valence-electron chi connectivity index (χ0n) is 10.3. The number of nitrogens with zero attached hydrogens (tertiary/aromatic N) is 2. The summed E-state index contributed by atoms with van der Waals surface area (Å²) in [5.74, 6) is -0.213. The maximum absolute atomic E-state index is 11.8. The third-order valence-electron chi connectivity index (χ3n) is 2.70. The summed E-state index contributed by atoms with van der Waals surface area (Å²) >= 11 is 5.91. The molecule has 0 saturated carbocycles. The van der Waals surface area contributed by atoms with E-state index in [1.165, 1.54) is 0 Å². The highest BCUT2D eigenvalue weighted by atomic mass is 35.5. The second-order valence-electron chi connectivity index (χ2n) is 4.13. The van der Waals surface area contributed by atoms with Crippen molar-refractivity contribution in [1.29, 1.82) is 0 Å². The minimum Gasteiger partial charge on any atom is -0.402 e. The molecule has 0 amide bonds. The largest absolute Gasteiger partial charge is 0.402 e. The standard InChI is InChI=1S/C15H9ClN2O2/c16-12-3-1-2-11(9-12)14-18-13(15(19)20-14)8-10-4-6-17-7-5-10/h1-9H/b13-8+. The summed E-state index contributed by atoms with van der Waals surface area (Å²) in [5.41, 5.74) is 1.76. The lowest BCUT2D eigenvalue weighted by molar-refractivity contribution is -0.129. The van der Waals surface area contributed by atoms with Crippen LogP contribution in [0.25, 0.3) is 6.08 Å². The first-order valence-electron chi connectivity index (χ1n) is 5.91. The molecule has 0 saturated heterocycles. The molecular formula is C15H9ClN2O2. The van der Waals surface area contributed by atoms with Gasteiger partial charge in [0.15, 0.2) is 5.70 Å². The van der Waals surface area contributed by atoms with Gasteiger partial charge in [-0.1, -0.05) is 17.7 Å². The SMILES string of the molecule is O=C1OC(c2cccc(Cl)c2)=N/C1=C/c1ccncc1. The van der Waals surface area contributed by atoms with Crippen molar-refractivity contribution in [3.63, 3.8) is 0 Å². The number of carbonyl (C=O) groups excluding carboxylic acids is 1. The summed E-state index contributed by atoms with van der Waals surface area (Å²) in [6.07, 6.45) is 4.95. The number of esters is 1. The Hall–Kier alpha value is -2.46. The molecule has 1 aromatic carbocycles. The van der Waals surface area contributed by atoms with Gasteiger partial charge in [-0.25, -0.2) is 9.79 Å². The van der Waals surface area contributed by atoms with Gasteiger partial charge in [0.05, 0.1) is 0 Å². The number of pyridine rings is 1. The van der Waals surface area contributed by atoms with Crippen molar-refractivity contribution in [2.24, 2.45) is 4.99 Å². The van der Waals surface area contributed by atoms with Crippen LogP contribution < -0.4 is 0 Å². The molecule has 1 aromatic heterocycles. The number of ether oxygens (including phenoxy) is 1. The molecular weight excluding hydrogens is 276 g/mol. The van der Waals surface area contributed by atoms with Crippen LogP contribution in [0.1, 0.15) is 11.1 Å². The third kappa shape index (κ3) is 2.60. The van der Waals surface area contributed by atoms with E-state index in [-0.39, 0.29) is 11.6 Å². The average molecular weight is 285 g/mol. The predicted molar refractivity (Wildman–Crippen MR) is 76.3 cm³/mol. The summed E-state index contributed by atoms with van der Waals surface area (Å²) in [5, 5.41) is 0.563. The van der Waals surface area contributed by atoms with Gasteiger partial charge >= 0.3 is 5.97 Å². The second-order valence-corrected chi connectivity index (χ2v) is 4.56. The molecule has 2 aromatic rings. The Labute approximate surface area is 120 Å².